The molecule has 1 aromatic carbocycles. The number of hydrogen-bond donors (Lipinski definition) is 1. The molecule has 0 heterocycles. The van der Waals surface area contributed by atoms with Gasteiger partial charge in [0.2, 0.25) is 0 Å². The Kier molecular flexibility index (Phi) is 5.21. The highest BCUT2D eigenvalue weighted by molar-refractivity contribution is 5.22. The van der Waals surface area contributed by atoms with Crippen molar-refractivity contribution in [3.05, 3.63) is 35.4 Å². The van der Waals surface area contributed by atoms with Gasteiger partial charge in [0.15, 0.2) is 0 Å². The second kappa shape index (κ2) is 6.91. The van der Waals surface area contributed by atoms with Crippen LogP contribution in [0.5, 0.6) is 0 Å². The lowest BCUT2D eigenvalue weighted by Gasteiger charge is -2.08. The first-order valence-corrected chi connectivity index (χ1v) is 7.13. The molecule has 0 amide bonds. The third kappa shape index (κ3) is 5.19. The Bertz CT molecular complexity index is 341. The van der Waals surface area contributed by atoms with Crippen molar-refractivity contribution >= 4 is 0 Å². The Morgan fingerprint density at radius 2 is 1.83 bits per heavy atom. The fourth-order valence-corrected chi connectivity index (χ4v) is 1.81. The fourth-order valence-electron chi connectivity index (χ4n) is 1.81. The van der Waals surface area contributed by atoms with Crippen LogP contribution >= 0.6 is 0 Å². The summed E-state index contributed by atoms with van der Waals surface area (Å²) < 4.78 is 5.66. The van der Waals surface area contributed by atoms with Crippen molar-refractivity contribution in [1.82, 2.24) is 5.32 Å². The third-order valence-electron chi connectivity index (χ3n) is 3.30. The van der Waals surface area contributed by atoms with Gasteiger partial charge in [-0.05, 0) is 36.3 Å². The molecule has 2 rings (SSSR count). The first-order chi connectivity index (χ1) is 8.74. The topological polar surface area (TPSA) is 21.3 Å². The van der Waals surface area contributed by atoms with E-state index in [9.17, 15) is 0 Å². The van der Waals surface area contributed by atoms with Gasteiger partial charge in [-0.3, -0.25) is 0 Å². The maximum absolute atomic E-state index is 5.66. The smallest absolute Gasteiger partial charge is 0.0716 e. The summed E-state index contributed by atoms with van der Waals surface area (Å²) >= 11 is 0. The Labute approximate surface area is 111 Å². The standard InChI is InChI=1S/C16H25NO/c1-13(2)9-10-18-12-15-5-3-14(4-6-15)11-17-16-7-8-16/h3-6,13,16-17H,7-12H2,1-2H3. The molecule has 1 saturated carbocycles. The van der Waals surface area contributed by atoms with Gasteiger partial charge in [-0.15, -0.1) is 0 Å². The molecule has 100 valence electrons. The van der Waals surface area contributed by atoms with Crippen molar-refractivity contribution in [2.75, 3.05) is 6.61 Å². The van der Waals surface area contributed by atoms with E-state index in [-0.39, 0.29) is 0 Å². The van der Waals surface area contributed by atoms with E-state index in [1.165, 1.54) is 24.0 Å². The number of rotatable bonds is 8. The molecule has 0 aliphatic heterocycles. The summed E-state index contributed by atoms with van der Waals surface area (Å²) in [6, 6.07) is 9.55. The average molecular weight is 247 g/mol. The molecule has 0 saturated heterocycles. The summed E-state index contributed by atoms with van der Waals surface area (Å²) in [4.78, 5) is 0. The number of hydrogen-bond acceptors (Lipinski definition) is 2. The third-order valence-corrected chi connectivity index (χ3v) is 3.30. The van der Waals surface area contributed by atoms with Crippen LogP contribution in [0.3, 0.4) is 0 Å². The van der Waals surface area contributed by atoms with Crippen molar-refractivity contribution < 1.29 is 4.74 Å². The van der Waals surface area contributed by atoms with Gasteiger partial charge in [0, 0.05) is 19.2 Å². The van der Waals surface area contributed by atoms with Crippen molar-refractivity contribution in [3.63, 3.8) is 0 Å². The van der Waals surface area contributed by atoms with E-state index >= 15 is 0 Å². The SMILES string of the molecule is CC(C)CCOCc1ccc(CNC2CC2)cc1. The van der Waals surface area contributed by atoms with Crippen LogP contribution < -0.4 is 5.32 Å². The highest BCUT2D eigenvalue weighted by Crippen LogP contribution is 2.19. The molecule has 1 aliphatic rings. The van der Waals surface area contributed by atoms with E-state index in [1.54, 1.807) is 0 Å². The Hall–Kier alpha value is -0.860. The van der Waals surface area contributed by atoms with Crippen LogP contribution in [0.2, 0.25) is 0 Å². The molecule has 1 aliphatic carbocycles. The van der Waals surface area contributed by atoms with E-state index in [0.717, 1.165) is 38.1 Å². The van der Waals surface area contributed by atoms with Crippen molar-refractivity contribution in [2.24, 2.45) is 5.92 Å². The molecule has 0 bridgehead atoms. The summed E-state index contributed by atoms with van der Waals surface area (Å²) in [6.07, 6.45) is 3.84. The maximum Gasteiger partial charge on any atom is 0.0716 e. The monoisotopic (exact) mass is 247 g/mol. The molecule has 0 atom stereocenters. The average Bonchev–Trinajstić information content (AvgIpc) is 3.17. The maximum atomic E-state index is 5.66. The normalized spacial score (nSPS) is 15.3. The lowest BCUT2D eigenvalue weighted by atomic mass is 10.1. The largest absolute Gasteiger partial charge is 0.377 e. The van der Waals surface area contributed by atoms with Crippen LogP contribution in [-0.4, -0.2) is 12.6 Å². The molecule has 0 radical (unpaired) electrons. The molecule has 1 fully saturated rings. The quantitative estimate of drug-likeness (QED) is 0.710. The van der Waals surface area contributed by atoms with Crippen molar-refractivity contribution in [2.45, 2.75) is 52.3 Å². The van der Waals surface area contributed by atoms with Crippen LogP contribution in [-0.2, 0) is 17.9 Å². The van der Waals surface area contributed by atoms with Gasteiger partial charge in [0.05, 0.1) is 6.61 Å². The predicted octanol–water partition coefficient (Wildman–Crippen LogP) is 3.50. The molecule has 0 aromatic heterocycles. The summed E-state index contributed by atoms with van der Waals surface area (Å²) in [5, 5.41) is 3.53. The molecule has 2 nitrogen and oxygen atoms in total. The van der Waals surface area contributed by atoms with E-state index < -0.39 is 0 Å². The summed E-state index contributed by atoms with van der Waals surface area (Å²) in [5.74, 6) is 0.723. The van der Waals surface area contributed by atoms with Crippen LogP contribution in [0.15, 0.2) is 24.3 Å². The van der Waals surface area contributed by atoms with E-state index in [0.29, 0.717) is 0 Å². The number of ether oxygens (including phenoxy) is 1. The second-order valence-corrected chi connectivity index (χ2v) is 5.71. The molecular formula is C16H25NO. The van der Waals surface area contributed by atoms with Gasteiger partial charge < -0.3 is 10.1 Å². The second-order valence-electron chi connectivity index (χ2n) is 5.71. The number of benzene rings is 1. The van der Waals surface area contributed by atoms with Crippen LogP contribution in [0.1, 0.15) is 44.2 Å². The molecule has 0 spiro atoms. The van der Waals surface area contributed by atoms with E-state index in [4.69, 9.17) is 4.74 Å². The van der Waals surface area contributed by atoms with E-state index in [2.05, 4.69) is 43.4 Å². The lowest BCUT2D eigenvalue weighted by Crippen LogP contribution is -2.15. The minimum Gasteiger partial charge on any atom is -0.377 e. The minimum absolute atomic E-state index is 0.723. The van der Waals surface area contributed by atoms with Gasteiger partial charge >= 0.3 is 0 Å². The predicted molar refractivity (Wildman–Crippen MR) is 75.4 cm³/mol. The molecule has 2 heteroatoms. The molecule has 1 aromatic rings. The summed E-state index contributed by atoms with van der Waals surface area (Å²) in [7, 11) is 0. The first kappa shape index (κ1) is 13.6. The molecule has 0 unspecified atom stereocenters. The molecular weight excluding hydrogens is 222 g/mol. The zero-order valence-corrected chi connectivity index (χ0v) is 11.6. The first-order valence-electron chi connectivity index (χ1n) is 7.13. The zero-order valence-electron chi connectivity index (χ0n) is 11.6. The highest BCUT2D eigenvalue weighted by Gasteiger charge is 2.19. The van der Waals surface area contributed by atoms with Gasteiger partial charge in [-0.2, -0.15) is 0 Å². The van der Waals surface area contributed by atoms with Crippen LogP contribution in [0.4, 0.5) is 0 Å². The zero-order chi connectivity index (χ0) is 12.8. The van der Waals surface area contributed by atoms with Gasteiger partial charge in [0.1, 0.15) is 0 Å². The summed E-state index contributed by atoms with van der Waals surface area (Å²) in [5.41, 5.74) is 2.64. The Morgan fingerprint density at radius 3 is 2.44 bits per heavy atom. The van der Waals surface area contributed by atoms with E-state index in [1.807, 2.05) is 0 Å². The van der Waals surface area contributed by atoms with Crippen LogP contribution in [0.25, 0.3) is 0 Å². The minimum atomic E-state index is 0.723. The molecule has 18 heavy (non-hydrogen) atoms. The molecule has 1 N–H and O–H groups in total. The summed E-state index contributed by atoms with van der Waals surface area (Å²) in [6.45, 7) is 7.06. The van der Waals surface area contributed by atoms with Crippen LogP contribution in [0, 0.1) is 5.92 Å². The Balaban J connectivity index is 1.66. The number of nitrogens with one attached hydrogen (secondary N) is 1. The highest BCUT2D eigenvalue weighted by atomic mass is 16.5. The van der Waals surface area contributed by atoms with Gasteiger partial charge in [-0.1, -0.05) is 38.1 Å². The Morgan fingerprint density at radius 1 is 1.17 bits per heavy atom. The van der Waals surface area contributed by atoms with Crippen molar-refractivity contribution in [3.8, 4) is 0 Å². The fraction of sp³-hybridized carbons (Fsp3) is 0.625. The van der Waals surface area contributed by atoms with Crippen molar-refractivity contribution in [1.29, 1.82) is 0 Å². The van der Waals surface area contributed by atoms with Gasteiger partial charge in [0.25, 0.3) is 0 Å². The lowest BCUT2D eigenvalue weighted by molar-refractivity contribution is 0.110. The van der Waals surface area contributed by atoms with Gasteiger partial charge in [-0.25, -0.2) is 0 Å².